The quantitative estimate of drug-likeness (QED) is 0.820. The van der Waals surface area contributed by atoms with E-state index in [0.717, 1.165) is 28.0 Å². The van der Waals surface area contributed by atoms with E-state index in [0.29, 0.717) is 0 Å². The van der Waals surface area contributed by atoms with E-state index in [9.17, 15) is 0 Å². The van der Waals surface area contributed by atoms with E-state index in [4.69, 9.17) is 14.2 Å². The summed E-state index contributed by atoms with van der Waals surface area (Å²) < 4.78 is 17.2. The average Bonchev–Trinajstić information content (AvgIpc) is 2.44. The van der Waals surface area contributed by atoms with E-state index < -0.39 is 0 Å². The number of halogens is 1. The van der Waals surface area contributed by atoms with Crippen molar-refractivity contribution in [1.82, 2.24) is 5.32 Å². The fraction of sp³-hybridized carbons (Fsp3) is 0.600. The Morgan fingerprint density at radius 2 is 1.85 bits per heavy atom. The third kappa shape index (κ3) is 3.87. The lowest BCUT2D eigenvalue weighted by Crippen LogP contribution is -2.30. The average molecular weight is 346 g/mol. The second-order valence-electron chi connectivity index (χ2n) is 5.21. The monoisotopic (exact) mass is 345 g/mol. The molecular formula is C15H24BrNO3. The van der Waals surface area contributed by atoms with Crippen molar-refractivity contribution in [2.45, 2.75) is 31.9 Å². The molecular weight excluding hydrogens is 322 g/mol. The summed E-state index contributed by atoms with van der Waals surface area (Å²) in [5.74, 6) is 1.54. The summed E-state index contributed by atoms with van der Waals surface area (Å²) in [6.45, 7) is 4.14. The molecule has 0 spiro atoms. The van der Waals surface area contributed by atoms with Crippen LogP contribution < -0.4 is 14.8 Å². The standard InChI is InChI=1S/C15H24BrNO3/c1-15(2,20-6)9-11(17-3)10-7-8-12(18-4)13(16)14(10)19-5/h7-8,11,17H,9H2,1-6H3. The summed E-state index contributed by atoms with van der Waals surface area (Å²) in [4.78, 5) is 0. The smallest absolute Gasteiger partial charge is 0.141 e. The Hall–Kier alpha value is -0.780. The number of methoxy groups -OCH3 is 3. The highest BCUT2D eigenvalue weighted by Gasteiger charge is 2.26. The molecule has 0 bridgehead atoms. The van der Waals surface area contributed by atoms with Crippen molar-refractivity contribution < 1.29 is 14.2 Å². The van der Waals surface area contributed by atoms with Crippen molar-refractivity contribution >= 4 is 15.9 Å². The van der Waals surface area contributed by atoms with Crippen LogP contribution in [-0.4, -0.2) is 34.0 Å². The van der Waals surface area contributed by atoms with Gasteiger partial charge in [-0.1, -0.05) is 0 Å². The highest BCUT2D eigenvalue weighted by molar-refractivity contribution is 9.10. The van der Waals surface area contributed by atoms with E-state index in [1.807, 2.05) is 19.2 Å². The van der Waals surface area contributed by atoms with Crippen LogP contribution in [0, 0.1) is 0 Å². The fourth-order valence-corrected chi connectivity index (χ4v) is 2.82. The number of hydrogen-bond acceptors (Lipinski definition) is 4. The van der Waals surface area contributed by atoms with Crippen LogP contribution in [0.4, 0.5) is 0 Å². The molecule has 0 saturated carbocycles. The molecule has 20 heavy (non-hydrogen) atoms. The Balaban J connectivity index is 3.19. The number of hydrogen-bond donors (Lipinski definition) is 1. The predicted octanol–water partition coefficient (Wildman–Crippen LogP) is 3.54. The van der Waals surface area contributed by atoms with Gasteiger partial charge in [-0.2, -0.15) is 0 Å². The first-order valence-corrected chi connectivity index (χ1v) is 7.32. The fourth-order valence-electron chi connectivity index (χ4n) is 2.13. The molecule has 1 atom stereocenters. The van der Waals surface area contributed by atoms with Crippen molar-refractivity contribution in [1.29, 1.82) is 0 Å². The Morgan fingerprint density at radius 3 is 2.30 bits per heavy atom. The van der Waals surface area contributed by atoms with Crippen molar-refractivity contribution in [3.05, 3.63) is 22.2 Å². The van der Waals surface area contributed by atoms with Crippen LogP contribution >= 0.6 is 15.9 Å². The zero-order valence-corrected chi connectivity index (χ0v) is 14.6. The molecule has 0 aromatic heterocycles. The molecule has 1 aromatic rings. The molecule has 114 valence electrons. The normalized spacial score (nSPS) is 13.2. The van der Waals surface area contributed by atoms with Crippen molar-refractivity contribution in [3.63, 3.8) is 0 Å². The molecule has 0 amide bonds. The molecule has 0 fully saturated rings. The number of nitrogens with one attached hydrogen (secondary N) is 1. The third-order valence-corrected chi connectivity index (χ3v) is 4.24. The van der Waals surface area contributed by atoms with E-state index in [1.54, 1.807) is 21.3 Å². The van der Waals surface area contributed by atoms with Gasteiger partial charge in [0, 0.05) is 18.7 Å². The van der Waals surface area contributed by atoms with E-state index >= 15 is 0 Å². The summed E-state index contributed by atoms with van der Waals surface area (Å²) in [7, 11) is 6.97. The zero-order valence-electron chi connectivity index (χ0n) is 13.0. The molecule has 4 nitrogen and oxygen atoms in total. The van der Waals surface area contributed by atoms with Gasteiger partial charge in [0.15, 0.2) is 0 Å². The first kappa shape index (κ1) is 17.3. The Kier molecular flexibility index (Phi) is 6.30. The molecule has 0 heterocycles. The lowest BCUT2D eigenvalue weighted by atomic mass is 9.93. The topological polar surface area (TPSA) is 39.7 Å². The van der Waals surface area contributed by atoms with E-state index in [2.05, 4.69) is 35.1 Å². The molecule has 1 unspecified atom stereocenters. The molecule has 1 aromatic carbocycles. The minimum atomic E-state index is -0.217. The highest BCUT2D eigenvalue weighted by atomic mass is 79.9. The summed E-state index contributed by atoms with van der Waals surface area (Å²) in [6, 6.07) is 4.09. The first-order valence-electron chi connectivity index (χ1n) is 6.53. The predicted molar refractivity (Wildman–Crippen MR) is 84.8 cm³/mol. The Bertz CT molecular complexity index is 449. The van der Waals surface area contributed by atoms with Gasteiger partial charge in [0.05, 0.1) is 19.8 Å². The second-order valence-corrected chi connectivity index (χ2v) is 6.01. The summed E-state index contributed by atoms with van der Waals surface area (Å²) in [6.07, 6.45) is 0.829. The van der Waals surface area contributed by atoms with Crippen molar-refractivity contribution in [3.8, 4) is 11.5 Å². The van der Waals surface area contributed by atoms with Gasteiger partial charge in [0.1, 0.15) is 16.0 Å². The highest BCUT2D eigenvalue weighted by Crippen LogP contribution is 2.41. The summed E-state index contributed by atoms with van der Waals surface area (Å²) in [5.41, 5.74) is 0.859. The van der Waals surface area contributed by atoms with Gasteiger partial charge in [-0.25, -0.2) is 0 Å². The maximum atomic E-state index is 5.54. The van der Waals surface area contributed by atoms with Crippen LogP contribution in [-0.2, 0) is 4.74 Å². The van der Waals surface area contributed by atoms with Crippen molar-refractivity contribution in [2.75, 3.05) is 28.4 Å². The number of benzene rings is 1. The van der Waals surface area contributed by atoms with Crippen LogP contribution in [0.2, 0.25) is 0 Å². The van der Waals surface area contributed by atoms with Crippen LogP contribution in [0.25, 0.3) is 0 Å². The van der Waals surface area contributed by atoms with Gasteiger partial charge in [-0.3, -0.25) is 0 Å². The molecule has 1 N–H and O–H groups in total. The van der Waals surface area contributed by atoms with E-state index in [-0.39, 0.29) is 11.6 Å². The zero-order chi connectivity index (χ0) is 15.3. The lowest BCUT2D eigenvalue weighted by molar-refractivity contribution is 0.00727. The van der Waals surface area contributed by atoms with Gasteiger partial charge >= 0.3 is 0 Å². The van der Waals surface area contributed by atoms with Gasteiger partial charge in [-0.05, 0) is 55.4 Å². The maximum Gasteiger partial charge on any atom is 0.141 e. The molecule has 0 saturated heterocycles. The van der Waals surface area contributed by atoms with Gasteiger partial charge in [-0.15, -0.1) is 0 Å². The van der Waals surface area contributed by atoms with Gasteiger partial charge in [0.25, 0.3) is 0 Å². The minimum Gasteiger partial charge on any atom is -0.495 e. The van der Waals surface area contributed by atoms with Gasteiger partial charge < -0.3 is 19.5 Å². The number of ether oxygens (including phenoxy) is 3. The van der Waals surface area contributed by atoms with Gasteiger partial charge in [0.2, 0.25) is 0 Å². The SMILES string of the molecule is CNC(CC(C)(C)OC)c1ccc(OC)c(Br)c1OC. The summed E-state index contributed by atoms with van der Waals surface area (Å²) >= 11 is 3.54. The van der Waals surface area contributed by atoms with Crippen LogP contribution in [0.3, 0.4) is 0 Å². The lowest BCUT2D eigenvalue weighted by Gasteiger charge is -2.29. The first-order chi connectivity index (χ1) is 9.40. The third-order valence-electron chi connectivity index (χ3n) is 3.49. The Morgan fingerprint density at radius 1 is 1.20 bits per heavy atom. The Labute approximate surface area is 129 Å². The molecule has 0 radical (unpaired) electrons. The molecule has 0 aliphatic carbocycles. The molecule has 0 aliphatic heterocycles. The maximum absolute atomic E-state index is 5.54. The second kappa shape index (κ2) is 7.29. The molecule has 0 aliphatic rings. The molecule has 5 heteroatoms. The summed E-state index contributed by atoms with van der Waals surface area (Å²) in [5, 5.41) is 3.33. The van der Waals surface area contributed by atoms with E-state index in [1.165, 1.54) is 0 Å². The van der Waals surface area contributed by atoms with Crippen LogP contribution in [0.1, 0.15) is 31.9 Å². The number of rotatable bonds is 7. The molecule has 1 rings (SSSR count). The minimum absolute atomic E-state index is 0.127. The van der Waals surface area contributed by atoms with Crippen LogP contribution in [0.15, 0.2) is 16.6 Å². The van der Waals surface area contributed by atoms with Crippen LogP contribution in [0.5, 0.6) is 11.5 Å². The van der Waals surface area contributed by atoms with Crippen molar-refractivity contribution in [2.24, 2.45) is 0 Å². The largest absolute Gasteiger partial charge is 0.495 e.